The highest BCUT2D eigenvalue weighted by Gasteiger charge is 2.24. The zero-order chi connectivity index (χ0) is 21.6. The Kier molecular flexibility index (Phi) is 8.26. The van der Waals surface area contributed by atoms with Crippen LogP contribution in [0.3, 0.4) is 0 Å². The van der Waals surface area contributed by atoms with Gasteiger partial charge in [-0.15, -0.1) is 0 Å². The molecule has 2 atom stereocenters. The molecule has 6 nitrogen and oxygen atoms in total. The topological polar surface area (TPSA) is 99.8 Å². The zero-order valence-corrected chi connectivity index (χ0v) is 17.9. The normalized spacial score (nSPS) is 13.5. The number of carbonyl (C=O) groups is 1. The minimum Gasteiger partial charge on any atom is -0.507 e. The van der Waals surface area contributed by atoms with Crippen molar-refractivity contribution in [3.63, 3.8) is 0 Å². The SMILES string of the molecule is CCCCCCc1c(C)c2ccc(O)c(CN[C@@H](C(=O)O)[C@@H](C)CC)c2oc1=O. The van der Waals surface area contributed by atoms with Gasteiger partial charge in [0.15, 0.2) is 0 Å². The summed E-state index contributed by atoms with van der Waals surface area (Å²) in [7, 11) is 0. The fourth-order valence-electron chi connectivity index (χ4n) is 3.67. The van der Waals surface area contributed by atoms with E-state index < -0.39 is 12.0 Å². The standard InChI is InChI=1S/C23H33NO5/c1-5-7-8-9-10-17-15(4)16-11-12-19(25)18(21(16)29-23(17)28)13-24-20(22(26)27)14(3)6-2/h11-12,14,20,24-25H,5-10,13H2,1-4H3,(H,26,27)/t14-,20+/m0/s1. The van der Waals surface area contributed by atoms with Crippen molar-refractivity contribution < 1.29 is 19.4 Å². The number of fused-ring (bicyclic) bond motifs is 1. The molecule has 1 aromatic carbocycles. The number of hydrogen-bond donors (Lipinski definition) is 3. The molecule has 1 heterocycles. The van der Waals surface area contributed by atoms with Gasteiger partial charge in [-0.2, -0.15) is 0 Å². The summed E-state index contributed by atoms with van der Waals surface area (Å²) < 4.78 is 5.62. The second-order valence-electron chi connectivity index (χ2n) is 7.83. The lowest BCUT2D eigenvalue weighted by Crippen LogP contribution is -2.41. The Balaban J connectivity index is 2.37. The van der Waals surface area contributed by atoms with Gasteiger partial charge in [0.1, 0.15) is 17.4 Å². The number of aryl methyl sites for hydroxylation is 1. The number of aliphatic carboxylic acids is 1. The molecule has 0 spiro atoms. The summed E-state index contributed by atoms with van der Waals surface area (Å²) in [5.41, 5.74) is 1.90. The molecular weight excluding hydrogens is 370 g/mol. The van der Waals surface area contributed by atoms with E-state index in [1.165, 1.54) is 0 Å². The van der Waals surface area contributed by atoms with Crippen LogP contribution in [0.2, 0.25) is 0 Å². The number of aromatic hydroxyl groups is 1. The van der Waals surface area contributed by atoms with Crippen LogP contribution in [0.15, 0.2) is 21.3 Å². The molecule has 0 aliphatic rings. The van der Waals surface area contributed by atoms with Gasteiger partial charge in [-0.25, -0.2) is 4.79 Å². The molecule has 3 N–H and O–H groups in total. The smallest absolute Gasteiger partial charge is 0.339 e. The molecule has 29 heavy (non-hydrogen) atoms. The average molecular weight is 404 g/mol. The number of benzene rings is 1. The van der Waals surface area contributed by atoms with Crippen LogP contribution in [0.5, 0.6) is 5.75 Å². The summed E-state index contributed by atoms with van der Waals surface area (Å²) in [6, 6.07) is 2.58. The number of nitrogens with one attached hydrogen (secondary N) is 1. The summed E-state index contributed by atoms with van der Waals surface area (Å²) in [5, 5.41) is 23.6. The van der Waals surface area contributed by atoms with Crippen LogP contribution in [-0.2, 0) is 17.8 Å². The molecule has 0 unspecified atom stereocenters. The van der Waals surface area contributed by atoms with Crippen molar-refractivity contribution in [3.8, 4) is 5.75 Å². The van der Waals surface area contributed by atoms with Crippen molar-refractivity contribution in [2.24, 2.45) is 5.92 Å². The van der Waals surface area contributed by atoms with E-state index in [9.17, 15) is 19.8 Å². The second-order valence-corrected chi connectivity index (χ2v) is 7.83. The summed E-state index contributed by atoms with van der Waals surface area (Å²) in [4.78, 5) is 24.2. The van der Waals surface area contributed by atoms with E-state index in [0.29, 0.717) is 29.6 Å². The van der Waals surface area contributed by atoms with Crippen LogP contribution < -0.4 is 10.9 Å². The molecule has 0 saturated heterocycles. The Bertz CT molecular complexity index is 902. The molecule has 0 fully saturated rings. The highest BCUT2D eigenvalue weighted by molar-refractivity contribution is 5.85. The highest BCUT2D eigenvalue weighted by atomic mass is 16.4. The number of carboxylic acids is 1. The van der Waals surface area contributed by atoms with Crippen molar-refractivity contribution in [2.75, 3.05) is 0 Å². The van der Waals surface area contributed by atoms with Crippen LogP contribution in [-0.4, -0.2) is 22.2 Å². The molecule has 0 aliphatic heterocycles. The molecule has 0 amide bonds. The van der Waals surface area contributed by atoms with Crippen LogP contribution in [0.1, 0.15) is 69.6 Å². The second kappa shape index (κ2) is 10.4. The maximum Gasteiger partial charge on any atom is 0.339 e. The summed E-state index contributed by atoms with van der Waals surface area (Å²) in [6.45, 7) is 7.95. The minimum atomic E-state index is -0.939. The van der Waals surface area contributed by atoms with E-state index in [1.807, 2.05) is 20.8 Å². The van der Waals surface area contributed by atoms with E-state index in [-0.39, 0.29) is 23.8 Å². The Morgan fingerprint density at radius 1 is 1.17 bits per heavy atom. The van der Waals surface area contributed by atoms with Crippen LogP contribution in [0, 0.1) is 12.8 Å². The van der Waals surface area contributed by atoms with E-state index in [4.69, 9.17) is 4.42 Å². The van der Waals surface area contributed by atoms with Gasteiger partial charge in [-0.05, 0) is 43.4 Å². The Morgan fingerprint density at radius 3 is 2.52 bits per heavy atom. The molecule has 2 rings (SSSR count). The number of phenolic OH excluding ortho intramolecular Hbond substituents is 1. The molecule has 0 aliphatic carbocycles. The molecule has 0 saturated carbocycles. The fourth-order valence-corrected chi connectivity index (χ4v) is 3.67. The van der Waals surface area contributed by atoms with Gasteiger partial charge in [0, 0.05) is 17.5 Å². The first-order valence-electron chi connectivity index (χ1n) is 10.5. The van der Waals surface area contributed by atoms with E-state index >= 15 is 0 Å². The van der Waals surface area contributed by atoms with Crippen molar-refractivity contribution in [2.45, 2.75) is 78.8 Å². The van der Waals surface area contributed by atoms with Crippen LogP contribution in [0.4, 0.5) is 0 Å². The van der Waals surface area contributed by atoms with Gasteiger partial charge < -0.3 is 14.6 Å². The van der Waals surface area contributed by atoms with Crippen molar-refractivity contribution in [3.05, 3.63) is 39.2 Å². The van der Waals surface area contributed by atoms with Crippen molar-refractivity contribution >= 4 is 16.9 Å². The maximum atomic E-state index is 12.6. The molecular formula is C23H33NO5. The maximum absolute atomic E-state index is 12.6. The molecule has 2 aromatic rings. The van der Waals surface area contributed by atoms with Crippen molar-refractivity contribution in [1.82, 2.24) is 5.32 Å². The molecule has 0 bridgehead atoms. The van der Waals surface area contributed by atoms with E-state index in [0.717, 1.165) is 36.6 Å². The molecule has 160 valence electrons. The van der Waals surface area contributed by atoms with E-state index in [1.54, 1.807) is 12.1 Å². The lowest BCUT2D eigenvalue weighted by Gasteiger charge is -2.21. The van der Waals surface area contributed by atoms with Crippen LogP contribution in [0.25, 0.3) is 11.0 Å². The third-order valence-corrected chi connectivity index (χ3v) is 5.79. The molecule has 1 aromatic heterocycles. The third-order valence-electron chi connectivity index (χ3n) is 5.79. The summed E-state index contributed by atoms with van der Waals surface area (Å²) >= 11 is 0. The lowest BCUT2D eigenvalue weighted by molar-refractivity contribution is -0.140. The largest absolute Gasteiger partial charge is 0.507 e. The first-order valence-corrected chi connectivity index (χ1v) is 10.5. The molecule has 0 radical (unpaired) electrons. The number of phenols is 1. The first kappa shape index (κ1) is 22.9. The average Bonchev–Trinajstić information content (AvgIpc) is 2.68. The van der Waals surface area contributed by atoms with Gasteiger partial charge in [-0.3, -0.25) is 10.1 Å². The number of rotatable bonds is 11. The zero-order valence-electron chi connectivity index (χ0n) is 17.9. The lowest BCUT2D eigenvalue weighted by atomic mass is 9.97. The Hall–Kier alpha value is -2.34. The van der Waals surface area contributed by atoms with Gasteiger partial charge in [-0.1, -0.05) is 46.5 Å². The van der Waals surface area contributed by atoms with Gasteiger partial charge >= 0.3 is 11.6 Å². The Morgan fingerprint density at radius 2 is 1.90 bits per heavy atom. The number of unbranched alkanes of at least 4 members (excludes halogenated alkanes) is 3. The number of hydrogen-bond acceptors (Lipinski definition) is 5. The highest BCUT2D eigenvalue weighted by Crippen LogP contribution is 2.30. The van der Waals surface area contributed by atoms with Gasteiger partial charge in [0.05, 0.1) is 5.56 Å². The third kappa shape index (κ3) is 5.38. The molecule has 6 heteroatoms. The van der Waals surface area contributed by atoms with E-state index in [2.05, 4.69) is 12.2 Å². The summed E-state index contributed by atoms with van der Waals surface area (Å²) in [6.07, 6.45) is 5.67. The van der Waals surface area contributed by atoms with Crippen LogP contribution >= 0.6 is 0 Å². The first-order chi connectivity index (χ1) is 13.8. The Labute approximate surface area is 171 Å². The van der Waals surface area contributed by atoms with Gasteiger partial charge in [0.25, 0.3) is 0 Å². The minimum absolute atomic E-state index is 0.0171. The summed E-state index contributed by atoms with van der Waals surface area (Å²) in [5.74, 6) is -1.03. The number of carboxylic acid groups (broad SMARTS) is 1. The fraction of sp³-hybridized carbons (Fsp3) is 0.565. The van der Waals surface area contributed by atoms with Crippen molar-refractivity contribution in [1.29, 1.82) is 0 Å². The predicted molar refractivity (Wildman–Crippen MR) is 114 cm³/mol. The quantitative estimate of drug-likeness (QED) is 0.377. The predicted octanol–water partition coefficient (Wildman–Crippen LogP) is 4.52. The monoisotopic (exact) mass is 403 g/mol. The van der Waals surface area contributed by atoms with Gasteiger partial charge in [0.2, 0.25) is 0 Å².